The van der Waals surface area contributed by atoms with Crippen LogP contribution >= 0.6 is 0 Å². The molecule has 2 rings (SSSR count). The number of piperidine rings is 1. The Morgan fingerprint density at radius 3 is 2.71 bits per heavy atom. The van der Waals surface area contributed by atoms with E-state index in [1.54, 1.807) is 0 Å². The maximum atomic E-state index is 8.82. The highest BCUT2D eigenvalue weighted by molar-refractivity contribution is 5.83. The molecule has 1 spiro atoms. The molecule has 0 radical (unpaired) electrons. The molecule has 4 nitrogen and oxygen atoms in total. The van der Waals surface area contributed by atoms with Gasteiger partial charge in [-0.2, -0.15) is 0 Å². The molecule has 1 N–H and O–H groups in total. The second-order valence-corrected chi connectivity index (χ2v) is 4.34. The van der Waals surface area contributed by atoms with E-state index in [0.717, 1.165) is 44.6 Å². The summed E-state index contributed by atoms with van der Waals surface area (Å²) in [7, 11) is 0. The highest BCUT2D eigenvalue weighted by atomic mass is 16.7. The van der Waals surface area contributed by atoms with E-state index in [9.17, 15) is 0 Å². The molecule has 0 amide bonds. The summed E-state index contributed by atoms with van der Waals surface area (Å²) in [6.07, 6.45) is 3.06. The van der Waals surface area contributed by atoms with Gasteiger partial charge in [-0.15, -0.1) is 0 Å². The lowest BCUT2D eigenvalue weighted by molar-refractivity contribution is -0.0628. The third kappa shape index (κ3) is 1.91. The zero-order valence-electron chi connectivity index (χ0n) is 8.70. The molecule has 4 heteroatoms. The van der Waals surface area contributed by atoms with Gasteiger partial charge in [-0.1, -0.05) is 5.16 Å². The van der Waals surface area contributed by atoms with Gasteiger partial charge in [0.2, 0.25) is 0 Å². The monoisotopic (exact) mass is 198 g/mol. The van der Waals surface area contributed by atoms with Crippen LogP contribution in [0, 0.1) is 0 Å². The molecule has 0 aromatic heterocycles. The molecular formula is C10H18N2O2. The third-order valence-electron chi connectivity index (χ3n) is 3.16. The molecule has 2 heterocycles. The SMILES string of the molecule is CC1=NOC2(CCN(CCO)CC2)C1. The first-order valence-electron chi connectivity index (χ1n) is 5.29. The second kappa shape index (κ2) is 3.87. The van der Waals surface area contributed by atoms with Crippen molar-refractivity contribution in [2.75, 3.05) is 26.2 Å². The summed E-state index contributed by atoms with van der Waals surface area (Å²) in [4.78, 5) is 7.80. The number of likely N-dealkylation sites (tertiary alicyclic amines) is 1. The fourth-order valence-electron chi connectivity index (χ4n) is 2.30. The Bertz CT molecular complexity index is 232. The van der Waals surface area contributed by atoms with Crippen LogP contribution in [0.5, 0.6) is 0 Å². The van der Waals surface area contributed by atoms with Crippen LogP contribution in [0.2, 0.25) is 0 Å². The van der Waals surface area contributed by atoms with Crippen LogP contribution in [0.15, 0.2) is 5.16 Å². The topological polar surface area (TPSA) is 45.1 Å². The van der Waals surface area contributed by atoms with Gasteiger partial charge in [-0.05, 0) is 6.92 Å². The number of aliphatic hydroxyl groups is 1. The minimum atomic E-state index is -0.00393. The van der Waals surface area contributed by atoms with Crippen molar-refractivity contribution in [2.24, 2.45) is 5.16 Å². The number of rotatable bonds is 2. The summed E-state index contributed by atoms with van der Waals surface area (Å²) in [6.45, 7) is 5.10. The summed E-state index contributed by atoms with van der Waals surface area (Å²) >= 11 is 0. The molecular weight excluding hydrogens is 180 g/mol. The van der Waals surface area contributed by atoms with Gasteiger partial charge in [-0.3, -0.25) is 0 Å². The van der Waals surface area contributed by atoms with Crippen LogP contribution in [0.3, 0.4) is 0 Å². The molecule has 0 atom stereocenters. The first-order chi connectivity index (χ1) is 6.74. The van der Waals surface area contributed by atoms with Crippen LogP contribution in [0.1, 0.15) is 26.2 Å². The Labute approximate surface area is 84.5 Å². The third-order valence-corrected chi connectivity index (χ3v) is 3.16. The fourth-order valence-corrected chi connectivity index (χ4v) is 2.30. The normalized spacial score (nSPS) is 26.3. The molecule has 1 fully saturated rings. The van der Waals surface area contributed by atoms with Crippen molar-refractivity contribution >= 4 is 5.71 Å². The molecule has 80 valence electrons. The smallest absolute Gasteiger partial charge is 0.145 e. The van der Waals surface area contributed by atoms with Crippen molar-refractivity contribution in [2.45, 2.75) is 31.8 Å². The number of hydrogen-bond donors (Lipinski definition) is 1. The fraction of sp³-hybridized carbons (Fsp3) is 0.900. The van der Waals surface area contributed by atoms with Gasteiger partial charge < -0.3 is 14.8 Å². The van der Waals surface area contributed by atoms with Gasteiger partial charge in [0.05, 0.1) is 12.3 Å². The number of aliphatic hydroxyl groups excluding tert-OH is 1. The lowest BCUT2D eigenvalue weighted by atomic mass is 9.87. The molecule has 14 heavy (non-hydrogen) atoms. The zero-order valence-corrected chi connectivity index (χ0v) is 8.70. The molecule has 2 aliphatic heterocycles. The highest BCUT2D eigenvalue weighted by Gasteiger charge is 2.40. The van der Waals surface area contributed by atoms with Crippen molar-refractivity contribution in [3.05, 3.63) is 0 Å². The van der Waals surface area contributed by atoms with Gasteiger partial charge in [0.15, 0.2) is 0 Å². The molecule has 0 aromatic carbocycles. The van der Waals surface area contributed by atoms with Crippen LogP contribution < -0.4 is 0 Å². The van der Waals surface area contributed by atoms with E-state index in [0.29, 0.717) is 0 Å². The van der Waals surface area contributed by atoms with Crippen molar-refractivity contribution < 1.29 is 9.94 Å². The Balaban J connectivity index is 1.84. The highest BCUT2D eigenvalue weighted by Crippen LogP contribution is 2.34. The van der Waals surface area contributed by atoms with E-state index in [4.69, 9.17) is 9.94 Å². The molecule has 2 aliphatic rings. The summed E-state index contributed by atoms with van der Waals surface area (Å²) in [5.41, 5.74) is 1.11. The van der Waals surface area contributed by atoms with Gasteiger partial charge >= 0.3 is 0 Å². The predicted molar refractivity (Wildman–Crippen MR) is 54.3 cm³/mol. The molecule has 0 aliphatic carbocycles. The largest absolute Gasteiger partial charge is 0.395 e. The first kappa shape index (κ1) is 9.93. The van der Waals surface area contributed by atoms with E-state index in [-0.39, 0.29) is 12.2 Å². The van der Waals surface area contributed by atoms with Gasteiger partial charge in [0.1, 0.15) is 5.60 Å². The van der Waals surface area contributed by atoms with E-state index in [2.05, 4.69) is 10.1 Å². The van der Waals surface area contributed by atoms with Gasteiger partial charge in [0.25, 0.3) is 0 Å². The van der Waals surface area contributed by atoms with E-state index >= 15 is 0 Å². The van der Waals surface area contributed by atoms with E-state index in [1.165, 1.54) is 0 Å². The van der Waals surface area contributed by atoms with Crippen molar-refractivity contribution in [3.63, 3.8) is 0 Å². The van der Waals surface area contributed by atoms with Crippen molar-refractivity contribution in [1.82, 2.24) is 4.90 Å². The number of oxime groups is 1. The molecule has 0 bridgehead atoms. The average molecular weight is 198 g/mol. The number of hydrogen-bond acceptors (Lipinski definition) is 4. The van der Waals surface area contributed by atoms with Gasteiger partial charge in [0, 0.05) is 38.9 Å². The summed E-state index contributed by atoms with van der Waals surface area (Å²) in [5.74, 6) is 0. The average Bonchev–Trinajstić information content (AvgIpc) is 2.53. The van der Waals surface area contributed by atoms with Crippen molar-refractivity contribution in [1.29, 1.82) is 0 Å². The Morgan fingerprint density at radius 2 is 2.21 bits per heavy atom. The lowest BCUT2D eigenvalue weighted by Crippen LogP contribution is -2.45. The van der Waals surface area contributed by atoms with Crippen molar-refractivity contribution in [3.8, 4) is 0 Å². The van der Waals surface area contributed by atoms with Crippen LogP contribution in [-0.2, 0) is 4.84 Å². The molecule has 0 saturated carbocycles. The second-order valence-electron chi connectivity index (χ2n) is 4.34. The quantitative estimate of drug-likeness (QED) is 0.707. The minimum absolute atomic E-state index is 0.00393. The summed E-state index contributed by atoms with van der Waals surface area (Å²) < 4.78 is 0. The van der Waals surface area contributed by atoms with E-state index in [1.807, 2.05) is 6.92 Å². The number of nitrogens with zero attached hydrogens (tertiary/aromatic N) is 2. The Kier molecular flexibility index (Phi) is 2.74. The lowest BCUT2D eigenvalue weighted by Gasteiger charge is -2.36. The predicted octanol–water partition coefficient (Wildman–Crippen LogP) is 0.609. The Morgan fingerprint density at radius 1 is 1.50 bits per heavy atom. The van der Waals surface area contributed by atoms with Crippen LogP contribution in [0.25, 0.3) is 0 Å². The Hall–Kier alpha value is -0.610. The summed E-state index contributed by atoms with van der Waals surface area (Å²) in [5, 5.41) is 12.9. The van der Waals surface area contributed by atoms with Crippen LogP contribution in [0.4, 0.5) is 0 Å². The molecule has 1 saturated heterocycles. The zero-order chi connectivity index (χ0) is 10.0. The van der Waals surface area contributed by atoms with Gasteiger partial charge in [-0.25, -0.2) is 0 Å². The maximum Gasteiger partial charge on any atom is 0.145 e. The standard InChI is InChI=1S/C10H18N2O2/c1-9-8-10(14-11-9)2-4-12(5-3-10)6-7-13/h13H,2-8H2,1H3. The molecule has 0 unspecified atom stereocenters. The summed E-state index contributed by atoms with van der Waals surface area (Å²) in [6, 6.07) is 0. The van der Waals surface area contributed by atoms with E-state index < -0.39 is 0 Å². The molecule has 0 aromatic rings. The first-order valence-corrected chi connectivity index (χ1v) is 5.29. The van der Waals surface area contributed by atoms with Crippen LogP contribution in [-0.4, -0.2) is 47.6 Å². The minimum Gasteiger partial charge on any atom is -0.395 e. The number of β-amino-alcohol motifs (C(OH)–C–C–N with tert-alkyl or cyclic N) is 1. The maximum absolute atomic E-state index is 8.82.